The van der Waals surface area contributed by atoms with Crippen molar-refractivity contribution in [2.24, 2.45) is 0 Å². The number of ether oxygens (including phenoxy) is 3. The van der Waals surface area contributed by atoms with E-state index in [1.807, 2.05) is 12.1 Å². The monoisotopic (exact) mass is 274 g/mol. The third kappa shape index (κ3) is 2.33. The van der Waals surface area contributed by atoms with Crippen molar-refractivity contribution in [1.29, 1.82) is 5.26 Å². The Balaban J connectivity index is 1.79. The Hall–Kier alpha value is -1.77. The van der Waals surface area contributed by atoms with Gasteiger partial charge in [-0.25, -0.2) is 0 Å². The number of methoxy groups -OCH3 is 1. The normalized spacial score (nSPS) is 20.9. The van der Waals surface area contributed by atoms with E-state index in [4.69, 9.17) is 14.2 Å². The SMILES string of the molecule is COc1ccc(C#N)c(N2CCC3(CC2)OCCO3)c1. The van der Waals surface area contributed by atoms with E-state index < -0.39 is 0 Å². The van der Waals surface area contributed by atoms with E-state index in [0.29, 0.717) is 18.8 Å². The van der Waals surface area contributed by atoms with E-state index in [9.17, 15) is 5.26 Å². The topological polar surface area (TPSA) is 54.7 Å². The fourth-order valence-electron chi connectivity index (χ4n) is 2.87. The standard InChI is InChI=1S/C15H18N2O3/c1-18-13-3-2-12(11-16)14(10-13)17-6-4-15(5-7-17)19-8-9-20-15/h2-3,10H,4-9H2,1H3. The highest BCUT2D eigenvalue weighted by atomic mass is 16.7. The first-order valence-electron chi connectivity index (χ1n) is 6.87. The summed E-state index contributed by atoms with van der Waals surface area (Å²) in [6.45, 7) is 3.01. The molecule has 1 aromatic carbocycles. The highest BCUT2D eigenvalue weighted by Crippen LogP contribution is 2.35. The molecule has 2 fully saturated rings. The van der Waals surface area contributed by atoms with E-state index in [2.05, 4.69) is 11.0 Å². The molecule has 2 saturated heterocycles. The van der Waals surface area contributed by atoms with Crippen LogP contribution in [0.3, 0.4) is 0 Å². The molecule has 0 aliphatic carbocycles. The van der Waals surface area contributed by atoms with Gasteiger partial charge >= 0.3 is 0 Å². The number of anilines is 1. The van der Waals surface area contributed by atoms with Gasteiger partial charge in [-0.1, -0.05) is 0 Å². The summed E-state index contributed by atoms with van der Waals surface area (Å²) in [5.41, 5.74) is 1.61. The van der Waals surface area contributed by atoms with Crippen molar-refractivity contribution in [3.8, 4) is 11.8 Å². The third-order valence-corrected chi connectivity index (χ3v) is 4.00. The van der Waals surface area contributed by atoms with E-state index in [0.717, 1.165) is 37.4 Å². The molecule has 20 heavy (non-hydrogen) atoms. The number of rotatable bonds is 2. The van der Waals surface area contributed by atoms with Crippen molar-refractivity contribution in [2.75, 3.05) is 38.3 Å². The Morgan fingerprint density at radius 1 is 1.25 bits per heavy atom. The summed E-state index contributed by atoms with van der Waals surface area (Å²) in [6, 6.07) is 7.79. The minimum absolute atomic E-state index is 0.387. The Morgan fingerprint density at radius 3 is 2.55 bits per heavy atom. The van der Waals surface area contributed by atoms with Crippen molar-refractivity contribution < 1.29 is 14.2 Å². The van der Waals surface area contributed by atoms with Crippen LogP contribution in [0.5, 0.6) is 5.75 Å². The van der Waals surface area contributed by atoms with Gasteiger partial charge in [-0.2, -0.15) is 5.26 Å². The summed E-state index contributed by atoms with van der Waals surface area (Å²) < 4.78 is 16.7. The summed E-state index contributed by atoms with van der Waals surface area (Å²) in [7, 11) is 1.64. The number of nitrogens with zero attached hydrogens (tertiary/aromatic N) is 2. The largest absolute Gasteiger partial charge is 0.497 e. The van der Waals surface area contributed by atoms with Gasteiger partial charge in [-0.15, -0.1) is 0 Å². The van der Waals surface area contributed by atoms with Crippen molar-refractivity contribution in [3.63, 3.8) is 0 Å². The zero-order valence-electron chi connectivity index (χ0n) is 11.6. The van der Waals surface area contributed by atoms with Gasteiger partial charge in [0, 0.05) is 32.0 Å². The van der Waals surface area contributed by atoms with Gasteiger partial charge in [0.05, 0.1) is 31.6 Å². The van der Waals surface area contributed by atoms with Gasteiger partial charge < -0.3 is 19.1 Å². The highest BCUT2D eigenvalue weighted by molar-refractivity contribution is 5.62. The van der Waals surface area contributed by atoms with Crippen LogP contribution in [0, 0.1) is 11.3 Å². The molecule has 1 spiro atoms. The van der Waals surface area contributed by atoms with Crippen LogP contribution >= 0.6 is 0 Å². The van der Waals surface area contributed by atoms with Crippen molar-refractivity contribution in [3.05, 3.63) is 23.8 Å². The first-order valence-corrected chi connectivity index (χ1v) is 6.87. The summed E-state index contributed by atoms with van der Waals surface area (Å²) in [5, 5.41) is 9.25. The van der Waals surface area contributed by atoms with Crippen molar-refractivity contribution in [2.45, 2.75) is 18.6 Å². The van der Waals surface area contributed by atoms with Crippen LogP contribution in [-0.4, -0.2) is 39.2 Å². The van der Waals surface area contributed by atoms with Crippen LogP contribution in [0.2, 0.25) is 0 Å². The lowest BCUT2D eigenvalue weighted by molar-refractivity contribution is -0.169. The first kappa shape index (κ1) is 13.2. The number of hydrogen-bond acceptors (Lipinski definition) is 5. The molecule has 0 radical (unpaired) electrons. The maximum absolute atomic E-state index is 9.25. The van der Waals surface area contributed by atoms with Gasteiger partial charge in [-0.05, 0) is 12.1 Å². The van der Waals surface area contributed by atoms with Crippen molar-refractivity contribution in [1.82, 2.24) is 0 Å². The zero-order chi connectivity index (χ0) is 14.0. The smallest absolute Gasteiger partial charge is 0.171 e. The van der Waals surface area contributed by atoms with Gasteiger partial charge in [0.1, 0.15) is 11.8 Å². The molecule has 2 aliphatic rings. The molecule has 0 saturated carbocycles. The van der Waals surface area contributed by atoms with Gasteiger partial charge in [-0.3, -0.25) is 0 Å². The maximum Gasteiger partial charge on any atom is 0.171 e. The predicted octanol–water partition coefficient (Wildman–Crippen LogP) is 1.91. The average molecular weight is 274 g/mol. The summed E-state index contributed by atoms with van der Waals surface area (Å²) in [6.07, 6.45) is 1.66. The van der Waals surface area contributed by atoms with E-state index in [1.54, 1.807) is 13.2 Å². The molecule has 5 nitrogen and oxygen atoms in total. The molecule has 0 amide bonds. The molecular weight excluding hydrogens is 256 g/mol. The number of nitriles is 1. The predicted molar refractivity (Wildman–Crippen MR) is 73.8 cm³/mol. The molecular formula is C15H18N2O3. The van der Waals surface area contributed by atoms with Crippen LogP contribution in [0.4, 0.5) is 5.69 Å². The van der Waals surface area contributed by atoms with E-state index in [1.165, 1.54) is 0 Å². The lowest BCUT2D eigenvalue weighted by atomic mass is 10.0. The van der Waals surface area contributed by atoms with E-state index >= 15 is 0 Å². The van der Waals surface area contributed by atoms with Crippen LogP contribution in [-0.2, 0) is 9.47 Å². The second-order valence-electron chi connectivity index (χ2n) is 5.09. The Morgan fingerprint density at radius 2 is 1.95 bits per heavy atom. The Kier molecular flexibility index (Phi) is 3.51. The van der Waals surface area contributed by atoms with Gasteiger partial charge in [0.15, 0.2) is 5.79 Å². The maximum atomic E-state index is 9.25. The number of benzene rings is 1. The van der Waals surface area contributed by atoms with Gasteiger partial charge in [0.25, 0.3) is 0 Å². The Bertz CT molecular complexity index is 522. The molecule has 0 unspecified atom stereocenters. The minimum atomic E-state index is -0.387. The lowest BCUT2D eigenvalue weighted by Gasteiger charge is -2.39. The second-order valence-corrected chi connectivity index (χ2v) is 5.09. The average Bonchev–Trinajstić information content (AvgIpc) is 2.95. The number of piperidine rings is 1. The van der Waals surface area contributed by atoms with Crippen LogP contribution in [0.15, 0.2) is 18.2 Å². The van der Waals surface area contributed by atoms with Crippen LogP contribution < -0.4 is 9.64 Å². The lowest BCUT2D eigenvalue weighted by Crippen LogP contribution is -2.45. The fourth-order valence-corrected chi connectivity index (χ4v) is 2.87. The molecule has 3 rings (SSSR count). The van der Waals surface area contributed by atoms with Crippen LogP contribution in [0.1, 0.15) is 18.4 Å². The Labute approximate surface area is 118 Å². The van der Waals surface area contributed by atoms with Crippen LogP contribution in [0.25, 0.3) is 0 Å². The van der Waals surface area contributed by atoms with Gasteiger partial charge in [0.2, 0.25) is 0 Å². The first-order chi connectivity index (χ1) is 9.76. The molecule has 2 heterocycles. The molecule has 0 bridgehead atoms. The molecule has 5 heteroatoms. The molecule has 2 aliphatic heterocycles. The molecule has 0 aromatic heterocycles. The summed E-state index contributed by atoms with van der Waals surface area (Å²) in [4.78, 5) is 2.21. The quantitative estimate of drug-likeness (QED) is 0.824. The molecule has 1 aromatic rings. The zero-order valence-corrected chi connectivity index (χ0v) is 11.6. The highest BCUT2D eigenvalue weighted by Gasteiger charge is 2.40. The molecule has 0 N–H and O–H groups in total. The fraction of sp³-hybridized carbons (Fsp3) is 0.533. The third-order valence-electron chi connectivity index (χ3n) is 4.00. The minimum Gasteiger partial charge on any atom is -0.497 e. The molecule has 106 valence electrons. The summed E-state index contributed by atoms with van der Waals surface area (Å²) in [5.74, 6) is 0.384. The summed E-state index contributed by atoms with van der Waals surface area (Å²) >= 11 is 0. The molecule has 0 atom stereocenters. The van der Waals surface area contributed by atoms with E-state index in [-0.39, 0.29) is 5.79 Å². The van der Waals surface area contributed by atoms with Crippen molar-refractivity contribution >= 4 is 5.69 Å². The second kappa shape index (κ2) is 5.31. The number of hydrogen-bond donors (Lipinski definition) is 0.